The van der Waals surface area contributed by atoms with E-state index in [9.17, 15) is 0 Å². The maximum atomic E-state index is 3.13. The monoisotopic (exact) mass is 133 g/mol. The first-order valence-corrected chi connectivity index (χ1v) is 3.32. The molecule has 0 atom stereocenters. The molecule has 1 aromatic carbocycles. The third-order valence-corrected chi connectivity index (χ3v) is 1.72. The zero-order valence-corrected chi connectivity index (χ0v) is 5.81. The molecule has 0 saturated heterocycles. The summed E-state index contributed by atoms with van der Waals surface area (Å²) in [7, 11) is 0. The number of hydrogen-bond acceptors (Lipinski definition) is 2. The number of aryl methyl sites for hydroxylation is 1. The van der Waals surface area contributed by atoms with E-state index >= 15 is 0 Å². The molecule has 2 nitrogen and oxygen atoms in total. The van der Waals surface area contributed by atoms with Crippen LogP contribution in [-0.4, -0.2) is 0 Å². The molecular formula is C8H9N2. The molecule has 0 bridgehead atoms. The molecule has 2 heteroatoms. The quantitative estimate of drug-likeness (QED) is 0.565. The summed E-state index contributed by atoms with van der Waals surface area (Å²) in [5.41, 5.74) is 3.64. The average molecular weight is 133 g/mol. The summed E-state index contributed by atoms with van der Waals surface area (Å²) in [6, 6.07) is 6.19. The molecule has 1 aliphatic rings. The van der Waals surface area contributed by atoms with Gasteiger partial charge in [-0.1, -0.05) is 12.1 Å². The number of nitrogens with one attached hydrogen (secondary N) is 2. The molecule has 0 fully saturated rings. The van der Waals surface area contributed by atoms with Crippen LogP contribution in [-0.2, 0) is 0 Å². The fourth-order valence-corrected chi connectivity index (χ4v) is 1.17. The standard InChI is InChI=1S/C8H9N2/c1-6-3-2-4-7-8(6)10-5-9-7/h2-5,9-10H,1H3. The highest BCUT2D eigenvalue weighted by Gasteiger charge is 2.09. The molecular weight excluding hydrogens is 124 g/mol. The van der Waals surface area contributed by atoms with Gasteiger partial charge in [-0.3, -0.25) is 0 Å². The Balaban J connectivity index is 2.59. The predicted octanol–water partition coefficient (Wildman–Crippen LogP) is 1.95. The van der Waals surface area contributed by atoms with Crippen LogP contribution in [0.5, 0.6) is 0 Å². The smallest absolute Gasteiger partial charge is 0.136 e. The summed E-state index contributed by atoms with van der Waals surface area (Å²) in [6.07, 6.45) is 0. The van der Waals surface area contributed by atoms with Gasteiger partial charge in [0, 0.05) is 0 Å². The van der Waals surface area contributed by atoms with E-state index in [1.54, 1.807) is 0 Å². The van der Waals surface area contributed by atoms with Crippen LogP contribution in [0.3, 0.4) is 0 Å². The third-order valence-electron chi connectivity index (χ3n) is 1.72. The second-order valence-electron chi connectivity index (χ2n) is 2.43. The van der Waals surface area contributed by atoms with Crippen molar-refractivity contribution in [1.29, 1.82) is 0 Å². The first-order valence-electron chi connectivity index (χ1n) is 3.32. The van der Waals surface area contributed by atoms with Crippen LogP contribution in [0.25, 0.3) is 0 Å². The maximum Gasteiger partial charge on any atom is 0.136 e. The van der Waals surface area contributed by atoms with Crippen LogP contribution < -0.4 is 10.6 Å². The topological polar surface area (TPSA) is 24.1 Å². The van der Waals surface area contributed by atoms with Gasteiger partial charge in [0.15, 0.2) is 0 Å². The van der Waals surface area contributed by atoms with Gasteiger partial charge in [0.25, 0.3) is 0 Å². The first-order chi connectivity index (χ1) is 4.88. The fraction of sp³-hybridized carbons (Fsp3) is 0.125. The number of para-hydroxylation sites is 1. The van der Waals surface area contributed by atoms with Gasteiger partial charge in [0.05, 0.1) is 11.4 Å². The van der Waals surface area contributed by atoms with E-state index in [2.05, 4.69) is 29.7 Å². The van der Waals surface area contributed by atoms with Gasteiger partial charge in [0.1, 0.15) is 6.67 Å². The molecule has 51 valence electrons. The summed E-state index contributed by atoms with van der Waals surface area (Å²) < 4.78 is 0. The Labute approximate surface area is 60.3 Å². The van der Waals surface area contributed by atoms with Gasteiger partial charge in [-0.15, -0.1) is 0 Å². The number of anilines is 2. The van der Waals surface area contributed by atoms with E-state index in [1.165, 1.54) is 16.9 Å². The van der Waals surface area contributed by atoms with Crippen LogP contribution in [0.1, 0.15) is 5.56 Å². The summed E-state index contributed by atoms with van der Waals surface area (Å²) in [6.45, 7) is 3.93. The predicted molar refractivity (Wildman–Crippen MR) is 42.7 cm³/mol. The lowest BCUT2D eigenvalue weighted by atomic mass is 10.2. The molecule has 1 heterocycles. The minimum Gasteiger partial charge on any atom is -0.360 e. The van der Waals surface area contributed by atoms with Crippen molar-refractivity contribution < 1.29 is 0 Å². The Morgan fingerprint density at radius 1 is 1.20 bits per heavy atom. The van der Waals surface area contributed by atoms with Gasteiger partial charge in [-0.2, -0.15) is 0 Å². The number of fused-ring (bicyclic) bond motifs is 1. The molecule has 1 radical (unpaired) electrons. The lowest BCUT2D eigenvalue weighted by Crippen LogP contribution is -1.90. The fourth-order valence-electron chi connectivity index (χ4n) is 1.17. The van der Waals surface area contributed by atoms with Crippen molar-refractivity contribution in [3.8, 4) is 0 Å². The molecule has 0 saturated carbocycles. The minimum atomic E-state index is 1.17. The van der Waals surface area contributed by atoms with Crippen molar-refractivity contribution in [2.24, 2.45) is 0 Å². The molecule has 0 aromatic heterocycles. The number of rotatable bonds is 0. The van der Waals surface area contributed by atoms with E-state index in [4.69, 9.17) is 0 Å². The molecule has 0 amide bonds. The lowest BCUT2D eigenvalue weighted by Gasteiger charge is -2.00. The van der Waals surface area contributed by atoms with Gasteiger partial charge >= 0.3 is 0 Å². The summed E-state index contributed by atoms with van der Waals surface area (Å²) in [4.78, 5) is 0. The third kappa shape index (κ3) is 0.652. The molecule has 2 N–H and O–H groups in total. The van der Waals surface area contributed by atoms with Crippen molar-refractivity contribution >= 4 is 11.4 Å². The molecule has 10 heavy (non-hydrogen) atoms. The summed E-state index contributed by atoms with van der Waals surface area (Å²) in [5.74, 6) is 0. The second-order valence-corrected chi connectivity index (χ2v) is 2.43. The van der Waals surface area contributed by atoms with Crippen LogP contribution >= 0.6 is 0 Å². The maximum absolute atomic E-state index is 3.13. The molecule has 1 aliphatic heterocycles. The van der Waals surface area contributed by atoms with E-state index in [0.717, 1.165) is 0 Å². The van der Waals surface area contributed by atoms with Gasteiger partial charge in [-0.25, -0.2) is 0 Å². The Hall–Kier alpha value is -1.18. The van der Waals surface area contributed by atoms with E-state index in [-0.39, 0.29) is 0 Å². The van der Waals surface area contributed by atoms with Crippen molar-refractivity contribution in [2.75, 3.05) is 10.6 Å². The number of hydrogen-bond donors (Lipinski definition) is 2. The Kier molecular flexibility index (Phi) is 1.07. The average Bonchev–Trinajstić information content (AvgIpc) is 2.36. The van der Waals surface area contributed by atoms with Crippen molar-refractivity contribution in [2.45, 2.75) is 6.92 Å². The normalized spacial score (nSPS) is 13.7. The molecule has 0 spiro atoms. The Morgan fingerprint density at radius 2 is 2.10 bits per heavy atom. The second kappa shape index (κ2) is 1.90. The molecule has 0 aliphatic carbocycles. The van der Waals surface area contributed by atoms with Crippen LogP contribution in [0, 0.1) is 13.6 Å². The molecule has 2 rings (SSSR count). The minimum absolute atomic E-state index is 1.17. The highest BCUT2D eigenvalue weighted by atomic mass is 15.1. The summed E-state index contributed by atoms with van der Waals surface area (Å²) >= 11 is 0. The first kappa shape index (κ1) is 5.59. The highest BCUT2D eigenvalue weighted by molar-refractivity contribution is 5.78. The van der Waals surface area contributed by atoms with Gasteiger partial charge in [-0.05, 0) is 18.6 Å². The lowest BCUT2D eigenvalue weighted by molar-refractivity contribution is 1.46. The Morgan fingerprint density at radius 3 is 2.90 bits per heavy atom. The SMILES string of the molecule is Cc1cccc2c1N[CH]N2. The Bertz CT molecular complexity index is 255. The van der Waals surface area contributed by atoms with Crippen LogP contribution in [0.15, 0.2) is 18.2 Å². The molecule has 1 aromatic rings. The van der Waals surface area contributed by atoms with Crippen LogP contribution in [0.4, 0.5) is 11.4 Å². The summed E-state index contributed by atoms with van der Waals surface area (Å²) in [5, 5.41) is 6.24. The van der Waals surface area contributed by atoms with Crippen molar-refractivity contribution in [1.82, 2.24) is 0 Å². The zero-order chi connectivity index (χ0) is 6.97. The number of benzene rings is 1. The highest BCUT2D eigenvalue weighted by Crippen LogP contribution is 2.29. The van der Waals surface area contributed by atoms with E-state index in [0.29, 0.717) is 0 Å². The van der Waals surface area contributed by atoms with Gasteiger partial charge < -0.3 is 10.6 Å². The van der Waals surface area contributed by atoms with Crippen molar-refractivity contribution in [3.63, 3.8) is 0 Å². The van der Waals surface area contributed by atoms with Gasteiger partial charge in [0.2, 0.25) is 0 Å². The largest absolute Gasteiger partial charge is 0.360 e. The van der Waals surface area contributed by atoms with E-state index < -0.39 is 0 Å². The zero-order valence-electron chi connectivity index (χ0n) is 5.81. The van der Waals surface area contributed by atoms with Crippen molar-refractivity contribution in [3.05, 3.63) is 30.4 Å². The van der Waals surface area contributed by atoms with Crippen LogP contribution in [0.2, 0.25) is 0 Å². The molecule has 0 unspecified atom stereocenters. The van der Waals surface area contributed by atoms with E-state index in [1.807, 2.05) is 12.7 Å².